The van der Waals surface area contributed by atoms with Crippen LogP contribution in [-0.4, -0.2) is 29.9 Å². The highest BCUT2D eigenvalue weighted by atomic mass is 79.9. The molecule has 0 aromatic rings. The van der Waals surface area contributed by atoms with Crippen molar-refractivity contribution in [2.75, 3.05) is 18.9 Å². The molecule has 0 N–H and O–H groups in total. The van der Waals surface area contributed by atoms with Crippen LogP contribution in [0.15, 0.2) is 0 Å². The van der Waals surface area contributed by atoms with E-state index >= 15 is 0 Å². The second-order valence-electron chi connectivity index (χ2n) is 2.75. The lowest BCUT2D eigenvalue weighted by Crippen LogP contribution is -2.24. The molecule has 1 fully saturated rings. The van der Waals surface area contributed by atoms with Crippen molar-refractivity contribution in [2.24, 2.45) is 0 Å². The Morgan fingerprint density at radius 3 is 2.89 bits per heavy atom. The van der Waals surface area contributed by atoms with Gasteiger partial charge in [0.2, 0.25) is 0 Å². The maximum absolute atomic E-state index is 3.46. The molecule has 0 spiro atoms. The van der Waals surface area contributed by atoms with Gasteiger partial charge in [-0.2, -0.15) is 0 Å². The molecule has 1 aliphatic heterocycles. The molecule has 0 amide bonds. The standard InChI is InChI=1S/C7H14BrN/c1-9-6-2-3-7(9)4-5-8/h7H,2-6H2,1H3/t7-/m0/s1. The summed E-state index contributed by atoms with van der Waals surface area (Å²) in [6, 6.07) is 0.865. The second-order valence-corrected chi connectivity index (χ2v) is 3.55. The van der Waals surface area contributed by atoms with E-state index in [1.54, 1.807) is 0 Å². The van der Waals surface area contributed by atoms with Crippen LogP contribution in [0.5, 0.6) is 0 Å². The second kappa shape index (κ2) is 3.57. The number of hydrogen-bond donors (Lipinski definition) is 0. The van der Waals surface area contributed by atoms with Gasteiger partial charge < -0.3 is 4.90 Å². The molecule has 54 valence electrons. The van der Waals surface area contributed by atoms with Crippen LogP contribution >= 0.6 is 15.9 Å². The van der Waals surface area contributed by atoms with Crippen LogP contribution in [-0.2, 0) is 0 Å². The van der Waals surface area contributed by atoms with Gasteiger partial charge >= 0.3 is 0 Å². The van der Waals surface area contributed by atoms with Crippen LogP contribution < -0.4 is 0 Å². The summed E-state index contributed by atoms with van der Waals surface area (Å²) in [5.74, 6) is 0. The molecule has 1 atom stereocenters. The Kier molecular flexibility index (Phi) is 2.99. The number of likely N-dealkylation sites (tertiary alicyclic amines) is 1. The fourth-order valence-electron chi connectivity index (χ4n) is 1.47. The molecule has 1 heterocycles. The summed E-state index contributed by atoms with van der Waals surface area (Å²) in [6.45, 7) is 1.30. The number of rotatable bonds is 2. The van der Waals surface area contributed by atoms with Crippen molar-refractivity contribution in [3.05, 3.63) is 0 Å². The summed E-state index contributed by atoms with van der Waals surface area (Å²) in [5, 5.41) is 1.15. The zero-order chi connectivity index (χ0) is 6.69. The lowest BCUT2D eigenvalue weighted by molar-refractivity contribution is 0.306. The van der Waals surface area contributed by atoms with Gasteiger partial charge in [-0.05, 0) is 32.9 Å². The van der Waals surface area contributed by atoms with E-state index in [9.17, 15) is 0 Å². The largest absolute Gasteiger partial charge is 0.303 e. The first-order valence-corrected chi connectivity index (χ1v) is 4.73. The lowest BCUT2D eigenvalue weighted by atomic mass is 10.2. The van der Waals surface area contributed by atoms with Crippen LogP contribution in [0.4, 0.5) is 0 Å². The Labute approximate surface area is 65.6 Å². The normalized spacial score (nSPS) is 29.3. The van der Waals surface area contributed by atoms with Crippen molar-refractivity contribution in [3.8, 4) is 0 Å². The Hall–Kier alpha value is 0.440. The Balaban J connectivity index is 2.22. The third kappa shape index (κ3) is 1.94. The van der Waals surface area contributed by atoms with E-state index in [0.717, 1.165) is 11.4 Å². The van der Waals surface area contributed by atoms with E-state index in [2.05, 4.69) is 27.9 Å². The van der Waals surface area contributed by atoms with E-state index in [1.165, 1.54) is 25.8 Å². The third-order valence-electron chi connectivity index (χ3n) is 2.11. The van der Waals surface area contributed by atoms with Crippen LogP contribution in [0, 0.1) is 0 Å². The number of hydrogen-bond acceptors (Lipinski definition) is 1. The Morgan fingerprint density at radius 2 is 2.44 bits per heavy atom. The Bertz CT molecular complexity index is 85.0. The van der Waals surface area contributed by atoms with Gasteiger partial charge in [0.05, 0.1) is 0 Å². The first-order valence-electron chi connectivity index (χ1n) is 3.61. The monoisotopic (exact) mass is 191 g/mol. The minimum absolute atomic E-state index is 0.865. The highest BCUT2D eigenvalue weighted by Crippen LogP contribution is 2.17. The highest BCUT2D eigenvalue weighted by molar-refractivity contribution is 9.09. The summed E-state index contributed by atoms with van der Waals surface area (Å²) < 4.78 is 0. The van der Waals surface area contributed by atoms with Crippen LogP contribution in [0.25, 0.3) is 0 Å². The van der Waals surface area contributed by atoms with Gasteiger partial charge in [0.15, 0.2) is 0 Å². The average molecular weight is 192 g/mol. The van der Waals surface area contributed by atoms with Gasteiger partial charge in [-0.25, -0.2) is 0 Å². The molecule has 1 rings (SSSR count). The van der Waals surface area contributed by atoms with Crippen LogP contribution in [0.1, 0.15) is 19.3 Å². The lowest BCUT2D eigenvalue weighted by Gasteiger charge is -2.17. The van der Waals surface area contributed by atoms with Crippen molar-refractivity contribution in [3.63, 3.8) is 0 Å². The molecule has 9 heavy (non-hydrogen) atoms. The van der Waals surface area contributed by atoms with Crippen molar-refractivity contribution in [2.45, 2.75) is 25.3 Å². The third-order valence-corrected chi connectivity index (χ3v) is 2.57. The average Bonchev–Trinajstić information content (AvgIpc) is 2.18. The summed E-state index contributed by atoms with van der Waals surface area (Å²) >= 11 is 3.46. The highest BCUT2D eigenvalue weighted by Gasteiger charge is 2.18. The molecule has 0 aromatic carbocycles. The van der Waals surface area contributed by atoms with Gasteiger partial charge in [0.25, 0.3) is 0 Å². The maximum atomic E-state index is 3.46. The van der Waals surface area contributed by atoms with Gasteiger partial charge in [-0.15, -0.1) is 0 Å². The molecule has 0 saturated carbocycles. The van der Waals surface area contributed by atoms with E-state index in [4.69, 9.17) is 0 Å². The van der Waals surface area contributed by atoms with E-state index in [-0.39, 0.29) is 0 Å². The maximum Gasteiger partial charge on any atom is 0.0101 e. The quantitative estimate of drug-likeness (QED) is 0.603. The van der Waals surface area contributed by atoms with Crippen molar-refractivity contribution in [1.82, 2.24) is 4.90 Å². The molecule has 1 nitrogen and oxygen atoms in total. The topological polar surface area (TPSA) is 3.24 Å². The predicted molar refractivity (Wildman–Crippen MR) is 44.1 cm³/mol. The van der Waals surface area contributed by atoms with E-state index in [1.807, 2.05) is 0 Å². The zero-order valence-electron chi connectivity index (χ0n) is 5.94. The smallest absolute Gasteiger partial charge is 0.0101 e. The Morgan fingerprint density at radius 1 is 1.67 bits per heavy atom. The minimum atomic E-state index is 0.865. The molecule has 0 aromatic heterocycles. The summed E-state index contributed by atoms with van der Waals surface area (Å²) in [7, 11) is 2.22. The zero-order valence-corrected chi connectivity index (χ0v) is 7.52. The van der Waals surface area contributed by atoms with Crippen molar-refractivity contribution in [1.29, 1.82) is 0 Å². The number of alkyl halides is 1. The van der Waals surface area contributed by atoms with E-state index in [0.29, 0.717) is 0 Å². The fraction of sp³-hybridized carbons (Fsp3) is 1.00. The SMILES string of the molecule is CN1CCC[C@H]1CCBr. The molecule has 0 radical (unpaired) electrons. The van der Waals surface area contributed by atoms with Gasteiger partial charge in [0.1, 0.15) is 0 Å². The summed E-state index contributed by atoms with van der Waals surface area (Å²) in [6.07, 6.45) is 4.12. The molecular weight excluding hydrogens is 178 g/mol. The van der Waals surface area contributed by atoms with Crippen molar-refractivity contribution < 1.29 is 0 Å². The minimum Gasteiger partial charge on any atom is -0.303 e. The molecule has 0 unspecified atom stereocenters. The molecule has 1 aliphatic rings. The number of halogens is 1. The van der Waals surface area contributed by atoms with Crippen LogP contribution in [0.2, 0.25) is 0 Å². The number of nitrogens with zero attached hydrogens (tertiary/aromatic N) is 1. The van der Waals surface area contributed by atoms with Gasteiger partial charge in [-0.3, -0.25) is 0 Å². The molecule has 0 bridgehead atoms. The first kappa shape index (κ1) is 7.55. The first-order chi connectivity index (χ1) is 4.34. The molecular formula is C7H14BrN. The molecule has 0 aliphatic carbocycles. The summed E-state index contributed by atoms with van der Waals surface area (Å²) in [5.41, 5.74) is 0. The fourth-order valence-corrected chi connectivity index (χ4v) is 2.00. The van der Waals surface area contributed by atoms with Gasteiger partial charge in [-0.1, -0.05) is 15.9 Å². The van der Waals surface area contributed by atoms with Crippen LogP contribution in [0.3, 0.4) is 0 Å². The predicted octanol–water partition coefficient (Wildman–Crippen LogP) is 1.87. The van der Waals surface area contributed by atoms with Gasteiger partial charge in [0, 0.05) is 11.4 Å². The van der Waals surface area contributed by atoms with E-state index < -0.39 is 0 Å². The van der Waals surface area contributed by atoms with Crippen molar-refractivity contribution >= 4 is 15.9 Å². The molecule has 2 heteroatoms. The molecule has 1 saturated heterocycles. The summed E-state index contributed by atoms with van der Waals surface area (Å²) in [4.78, 5) is 2.46.